The molecule has 4 atom stereocenters. The van der Waals surface area contributed by atoms with Crippen LogP contribution < -0.4 is 0 Å². The maximum absolute atomic E-state index is 12.6. The van der Waals surface area contributed by atoms with Crippen LogP contribution in [0.5, 0.6) is 0 Å². The molecular formula is C47H60N4O12. The van der Waals surface area contributed by atoms with Crippen molar-refractivity contribution in [2.24, 2.45) is 0 Å². The number of aliphatic carboxylic acids is 1. The lowest BCUT2D eigenvalue weighted by atomic mass is 9.92. The van der Waals surface area contributed by atoms with Gasteiger partial charge in [0.25, 0.3) is 0 Å². The van der Waals surface area contributed by atoms with E-state index in [1.807, 2.05) is 42.5 Å². The van der Waals surface area contributed by atoms with Crippen LogP contribution >= 0.6 is 0 Å². The highest BCUT2D eigenvalue weighted by atomic mass is 16.6. The van der Waals surface area contributed by atoms with Gasteiger partial charge in [-0.1, -0.05) is 62.1 Å². The fourth-order valence-corrected chi connectivity index (χ4v) is 8.52. The van der Waals surface area contributed by atoms with Crippen LogP contribution in [-0.4, -0.2) is 106 Å². The number of esters is 3. The van der Waals surface area contributed by atoms with Crippen molar-refractivity contribution in [3.63, 3.8) is 0 Å². The summed E-state index contributed by atoms with van der Waals surface area (Å²) in [4.78, 5) is 90.3. The molecular weight excluding hydrogens is 813 g/mol. The molecule has 2 N–H and O–H groups in total. The van der Waals surface area contributed by atoms with Crippen molar-refractivity contribution in [2.45, 2.75) is 128 Å². The summed E-state index contributed by atoms with van der Waals surface area (Å²) in [7, 11) is 2.65. The number of hydrogen-bond acceptors (Lipinski definition) is 11. The van der Waals surface area contributed by atoms with Crippen LogP contribution in [0.4, 0.5) is 4.79 Å². The zero-order valence-electron chi connectivity index (χ0n) is 36.7. The number of methoxy groups -OCH3 is 2. The summed E-state index contributed by atoms with van der Waals surface area (Å²) in [5.41, 5.74) is 3.10. The molecule has 2 saturated heterocycles. The molecule has 4 heterocycles. The molecule has 16 nitrogen and oxygen atoms in total. The molecule has 16 heteroatoms. The molecule has 2 aliphatic heterocycles. The van der Waals surface area contributed by atoms with Gasteiger partial charge in [0.05, 0.1) is 31.6 Å². The summed E-state index contributed by atoms with van der Waals surface area (Å²) >= 11 is 0. The Hall–Kier alpha value is -6.19. The van der Waals surface area contributed by atoms with E-state index in [4.69, 9.17) is 18.9 Å². The summed E-state index contributed by atoms with van der Waals surface area (Å²) in [6.07, 6.45) is 10.7. The van der Waals surface area contributed by atoms with E-state index in [1.165, 1.54) is 32.6 Å². The molecule has 2 aliphatic rings. The predicted molar refractivity (Wildman–Crippen MR) is 232 cm³/mol. The van der Waals surface area contributed by atoms with Crippen LogP contribution in [0.3, 0.4) is 0 Å². The molecule has 0 bridgehead atoms. The normalized spacial score (nSPS) is 16.8. The van der Waals surface area contributed by atoms with Crippen molar-refractivity contribution in [2.75, 3.05) is 27.3 Å². The Bertz CT molecular complexity index is 2230. The molecule has 2 aromatic heterocycles. The van der Waals surface area contributed by atoms with E-state index in [0.717, 1.165) is 47.5 Å². The molecule has 2 fully saturated rings. The Morgan fingerprint density at radius 3 is 1.76 bits per heavy atom. The second-order valence-electron chi connectivity index (χ2n) is 16.0. The molecule has 6 rings (SSSR count). The van der Waals surface area contributed by atoms with Gasteiger partial charge in [-0.2, -0.15) is 0 Å². The number of likely N-dealkylation sites (tertiary alicyclic amines) is 2. The van der Waals surface area contributed by atoms with E-state index in [0.29, 0.717) is 75.5 Å². The van der Waals surface area contributed by atoms with Gasteiger partial charge in [0.15, 0.2) is 12.5 Å². The number of nitrogens with zero attached hydrogens (tertiary/aromatic N) is 3. The Morgan fingerprint density at radius 2 is 1.22 bits per heavy atom. The number of carbonyl (C=O) groups is 7. The van der Waals surface area contributed by atoms with Crippen molar-refractivity contribution in [1.82, 2.24) is 19.4 Å². The molecule has 0 spiro atoms. The molecule has 4 aromatic rings. The number of para-hydroxylation sites is 2. The molecule has 63 heavy (non-hydrogen) atoms. The number of carboxylic acids is 1. The summed E-state index contributed by atoms with van der Waals surface area (Å²) in [6.45, 7) is 4.22. The Balaban J connectivity index is 0.000000240. The Labute approximate surface area is 367 Å². The minimum atomic E-state index is -0.834. The van der Waals surface area contributed by atoms with Crippen LogP contribution in [0.15, 0.2) is 60.9 Å². The molecule has 2 aromatic carbocycles. The van der Waals surface area contributed by atoms with Gasteiger partial charge >= 0.3 is 30.0 Å². The number of unbranched alkanes of at least 4 members (excludes halogenated alkanes) is 4. The number of ether oxygens (including phenoxy) is 4. The van der Waals surface area contributed by atoms with Gasteiger partial charge in [-0.15, -0.1) is 0 Å². The van der Waals surface area contributed by atoms with Crippen molar-refractivity contribution in [3.05, 3.63) is 72.1 Å². The predicted octanol–water partition coefficient (Wildman–Crippen LogP) is 7.77. The van der Waals surface area contributed by atoms with E-state index < -0.39 is 36.4 Å². The van der Waals surface area contributed by atoms with Crippen molar-refractivity contribution < 1.29 is 57.6 Å². The summed E-state index contributed by atoms with van der Waals surface area (Å²) < 4.78 is 22.2. The first-order valence-corrected chi connectivity index (χ1v) is 21.8. The fraction of sp³-hybridized carbons (Fsp3) is 0.511. The number of carboxylic acid groups (broad SMARTS) is 1. The third kappa shape index (κ3) is 12.7. The highest BCUT2D eigenvalue weighted by Crippen LogP contribution is 2.33. The number of benzene rings is 2. The van der Waals surface area contributed by atoms with Gasteiger partial charge in [-0.05, 0) is 61.8 Å². The van der Waals surface area contributed by atoms with Crippen LogP contribution in [-0.2, 0) is 47.7 Å². The number of aromatic amines is 1. The summed E-state index contributed by atoms with van der Waals surface area (Å²) in [6, 6.07) is 15.0. The van der Waals surface area contributed by atoms with Gasteiger partial charge in [-0.3, -0.25) is 33.3 Å². The second kappa shape index (κ2) is 23.3. The van der Waals surface area contributed by atoms with Gasteiger partial charge < -0.3 is 38.8 Å². The average molecular weight is 873 g/mol. The lowest BCUT2D eigenvalue weighted by Gasteiger charge is -2.23. The SMILES string of the molecule is CC(=O)N1CCCC1OC(=O)CCCCCC(C(=O)O)c1c[nH]c2ccccc12.COC(=O)C(CCCCCC(=O)OC1CCCN1C(C)=O)c1cn(C(=O)OC)c2ccccc12. The molecule has 4 unspecified atom stereocenters. The first-order valence-electron chi connectivity index (χ1n) is 21.8. The molecule has 2 amide bonds. The summed E-state index contributed by atoms with van der Waals surface area (Å²) in [5.74, 6) is -3.10. The molecule has 0 saturated carbocycles. The zero-order chi connectivity index (χ0) is 45.5. The first-order chi connectivity index (χ1) is 30.3. The maximum atomic E-state index is 12.6. The molecule has 340 valence electrons. The quantitative estimate of drug-likeness (QED) is 0.0559. The minimum Gasteiger partial charge on any atom is -0.481 e. The van der Waals surface area contributed by atoms with Gasteiger partial charge in [-0.25, -0.2) is 4.79 Å². The summed E-state index contributed by atoms with van der Waals surface area (Å²) in [5, 5.41) is 11.4. The van der Waals surface area contributed by atoms with Crippen LogP contribution in [0.2, 0.25) is 0 Å². The number of fused-ring (bicyclic) bond motifs is 2. The van der Waals surface area contributed by atoms with Crippen LogP contribution in [0.25, 0.3) is 21.8 Å². The average Bonchev–Trinajstić information content (AvgIpc) is 4.10. The minimum absolute atomic E-state index is 0.0720. The smallest absolute Gasteiger partial charge is 0.418 e. The van der Waals surface area contributed by atoms with E-state index in [2.05, 4.69) is 4.98 Å². The number of carbonyl (C=O) groups excluding carboxylic acids is 6. The van der Waals surface area contributed by atoms with E-state index >= 15 is 0 Å². The first kappa shape index (κ1) is 47.9. The lowest BCUT2D eigenvalue weighted by molar-refractivity contribution is -0.162. The topological polar surface area (TPSA) is 204 Å². The number of aromatic nitrogens is 2. The van der Waals surface area contributed by atoms with Crippen LogP contribution in [0, 0.1) is 0 Å². The molecule has 0 radical (unpaired) electrons. The zero-order valence-corrected chi connectivity index (χ0v) is 36.7. The van der Waals surface area contributed by atoms with Crippen LogP contribution in [0.1, 0.15) is 127 Å². The highest BCUT2D eigenvalue weighted by molar-refractivity contribution is 5.95. The van der Waals surface area contributed by atoms with Gasteiger partial charge in [0.1, 0.15) is 0 Å². The maximum Gasteiger partial charge on any atom is 0.418 e. The van der Waals surface area contributed by atoms with Gasteiger partial charge in [0, 0.05) is 81.3 Å². The fourth-order valence-electron chi connectivity index (χ4n) is 8.52. The molecule has 0 aliphatic carbocycles. The number of H-pyrrole nitrogens is 1. The number of hydrogen-bond donors (Lipinski definition) is 2. The van der Waals surface area contributed by atoms with E-state index in [1.54, 1.807) is 28.3 Å². The van der Waals surface area contributed by atoms with E-state index in [9.17, 15) is 38.7 Å². The van der Waals surface area contributed by atoms with Gasteiger partial charge in [0.2, 0.25) is 11.8 Å². The van der Waals surface area contributed by atoms with Crippen molar-refractivity contribution in [3.8, 4) is 0 Å². The monoisotopic (exact) mass is 872 g/mol. The largest absolute Gasteiger partial charge is 0.481 e. The van der Waals surface area contributed by atoms with E-state index in [-0.39, 0.29) is 42.6 Å². The standard InChI is InChI=1S/C25H32N2O7.C22H28N2O5/c1-17(28)26-15-9-13-22(26)34-23(29)14-6-4-5-11-19(24(30)32-2)20-16-27(25(31)33-3)21-12-8-7-10-18(20)21;1-15(25)24-13-7-11-20(24)29-21(26)12-4-2-3-9-17(22(27)28)18-14-23-19-10-6-5-8-16(18)19/h7-8,10,12,16,19,22H,4-6,9,11,13-15H2,1-3H3;5-6,8,10,14,17,20,23H,2-4,7,9,11-13H2,1H3,(H,27,28). The third-order valence-corrected chi connectivity index (χ3v) is 11.8. The Morgan fingerprint density at radius 1 is 0.683 bits per heavy atom. The number of rotatable bonds is 18. The van der Waals surface area contributed by atoms with Crippen molar-refractivity contribution >= 4 is 63.6 Å². The highest BCUT2D eigenvalue weighted by Gasteiger charge is 2.31. The van der Waals surface area contributed by atoms with Crippen molar-refractivity contribution in [1.29, 1.82) is 0 Å². The second-order valence-corrected chi connectivity index (χ2v) is 16.0. The number of nitrogens with one attached hydrogen (secondary N) is 1. The third-order valence-electron chi connectivity index (χ3n) is 11.8. The number of amides is 2. The Kier molecular flexibility index (Phi) is 17.7. The lowest BCUT2D eigenvalue weighted by Crippen LogP contribution is -2.36.